The van der Waals surface area contributed by atoms with Crippen LogP contribution >= 0.6 is 0 Å². The second kappa shape index (κ2) is 5.12. The topological polar surface area (TPSA) is 50.8 Å². The zero-order chi connectivity index (χ0) is 12.3. The van der Waals surface area contributed by atoms with Gasteiger partial charge in [0.25, 0.3) is 5.91 Å². The first-order valence-corrected chi connectivity index (χ1v) is 5.56. The second-order valence-corrected chi connectivity index (χ2v) is 5.07. The Bertz CT molecular complexity index is 250. The molecule has 1 fully saturated rings. The van der Waals surface area contributed by atoms with Gasteiger partial charge in [-0.1, -0.05) is 0 Å². The lowest BCUT2D eigenvalue weighted by Gasteiger charge is -2.24. The molecule has 0 aromatic heterocycles. The van der Waals surface area contributed by atoms with Crippen molar-refractivity contribution in [3.63, 3.8) is 0 Å². The molecule has 0 unspecified atom stereocenters. The monoisotopic (exact) mass is 230 g/mol. The van der Waals surface area contributed by atoms with E-state index >= 15 is 0 Å². The molecule has 0 bridgehead atoms. The highest BCUT2D eigenvalue weighted by Crippen LogP contribution is 2.18. The van der Waals surface area contributed by atoms with Gasteiger partial charge in [-0.15, -0.1) is 0 Å². The second-order valence-electron chi connectivity index (χ2n) is 5.07. The summed E-state index contributed by atoms with van der Waals surface area (Å²) in [4.78, 5) is 16.6. The average Bonchev–Trinajstić information content (AvgIpc) is 2.61. The first-order chi connectivity index (χ1) is 7.33. The van der Waals surface area contributed by atoms with E-state index in [1.165, 1.54) is 12.2 Å². The third kappa shape index (κ3) is 3.73. The lowest BCUT2D eigenvalue weighted by molar-refractivity contribution is -0.171. The van der Waals surface area contributed by atoms with E-state index < -0.39 is 0 Å². The van der Waals surface area contributed by atoms with Crippen molar-refractivity contribution < 1.29 is 14.4 Å². The molecule has 0 spiro atoms. The van der Waals surface area contributed by atoms with Crippen LogP contribution in [0.25, 0.3) is 0 Å². The first-order valence-electron chi connectivity index (χ1n) is 5.56. The van der Waals surface area contributed by atoms with E-state index in [1.54, 1.807) is 7.05 Å². The molecule has 0 aliphatic carbocycles. The summed E-state index contributed by atoms with van der Waals surface area (Å²) in [5.41, 5.74) is -0.169. The standard InChI is InChI=1S/C11H22N2O3/c1-11(2,3)16-8-6-9(12-7-8)10(14)13(4)15-5/h8-9,12H,6-7H2,1-5H3/t8-,9-/m1/s1. The van der Waals surface area contributed by atoms with Crippen LogP contribution in [-0.4, -0.2) is 49.4 Å². The molecule has 0 radical (unpaired) electrons. The number of nitrogens with zero attached hydrogens (tertiary/aromatic N) is 1. The van der Waals surface area contributed by atoms with Gasteiger partial charge in [-0.25, -0.2) is 5.06 Å². The lowest BCUT2D eigenvalue weighted by atomic mass is 10.1. The molecule has 94 valence electrons. The number of amides is 1. The van der Waals surface area contributed by atoms with Crippen molar-refractivity contribution >= 4 is 5.91 Å². The van der Waals surface area contributed by atoms with Gasteiger partial charge in [0.05, 0.1) is 24.9 Å². The number of carbonyl (C=O) groups is 1. The molecule has 5 nitrogen and oxygen atoms in total. The molecule has 1 rings (SSSR count). The van der Waals surface area contributed by atoms with Crippen LogP contribution in [0.15, 0.2) is 0 Å². The van der Waals surface area contributed by atoms with Gasteiger partial charge in [0, 0.05) is 13.6 Å². The Kier molecular flexibility index (Phi) is 4.29. The maximum absolute atomic E-state index is 11.8. The number of carbonyl (C=O) groups excluding carboxylic acids is 1. The number of ether oxygens (including phenoxy) is 1. The van der Waals surface area contributed by atoms with Crippen LogP contribution in [0.2, 0.25) is 0 Å². The molecule has 1 aliphatic heterocycles. The van der Waals surface area contributed by atoms with Crippen molar-refractivity contribution in [2.45, 2.75) is 44.9 Å². The summed E-state index contributed by atoms with van der Waals surface area (Å²) in [5, 5.41) is 4.40. The molecule has 1 N–H and O–H groups in total. The lowest BCUT2D eigenvalue weighted by Crippen LogP contribution is -2.40. The van der Waals surface area contributed by atoms with Gasteiger partial charge < -0.3 is 10.1 Å². The maximum Gasteiger partial charge on any atom is 0.263 e. The average molecular weight is 230 g/mol. The van der Waals surface area contributed by atoms with Gasteiger partial charge in [0.15, 0.2) is 0 Å². The summed E-state index contributed by atoms with van der Waals surface area (Å²) < 4.78 is 5.82. The summed E-state index contributed by atoms with van der Waals surface area (Å²) in [7, 11) is 3.10. The Labute approximate surface area is 97.0 Å². The summed E-state index contributed by atoms with van der Waals surface area (Å²) in [6, 6.07) is -0.197. The SMILES string of the molecule is CON(C)C(=O)[C@H]1C[C@@H](OC(C)(C)C)CN1. The summed E-state index contributed by atoms with van der Waals surface area (Å²) >= 11 is 0. The zero-order valence-corrected chi connectivity index (χ0v) is 10.7. The minimum Gasteiger partial charge on any atom is -0.371 e. The number of hydrogen-bond donors (Lipinski definition) is 1. The fourth-order valence-electron chi connectivity index (χ4n) is 1.79. The summed E-state index contributed by atoms with van der Waals surface area (Å²) in [5.74, 6) is -0.0532. The van der Waals surface area contributed by atoms with Gasteiger partial charge in [0.2, 0.25) is 0 Å². The van der Waals surface area contributed by atoms with Crippen LogP contribution in [-0.2, 0) is 14.4 Å². The molecule has 1 aliphatic rings. The highest BCUT2D eigenvalue weighted by atomic mass is 16.7. The molecular formula is C11H22N2O3. The third-order valence-electron chi connectivity index (χ3n) is 2.49. The molecule has 2 atom stereocenters. The number of hydrogen-bond acceptors (Lipinski definition) is 4. The Morgan fingerprint density at radius 2 is 2.06 bits per heavy atom. The zero-order valence-electron chi connectivity index (χ0n) is 10.7. The summed E-state index contributed by atoms with van der Waals surface area (Å²) in [6.45, 7) is 6.77. The third-order valence-corrected chi connectivity index (χ3v) is 2.49. The van der Waals surface area contributed by atoms with Crippen LogP contribution in [0.1, 0.15) is 27.2 Å². The Hall–Kier alpha value is -0.650. The summed E-state index contributed by atoms with van der Waals surface area (Å²) in [6.07, 6.45) is 0.795. The first kappa shape index (κ1) is 13.4. The van der Waals surface area contributed by atoms with Crippen molar-refractivity contribution in [3.8, 4) is 0 Å². The molecule has 1 amide bonds. The Morgan fingerprint density at radius 1 is 1.44 bits per heavy atom. The van der Waals surface area contributed by atoms with Crippen LogP contribution in [0.5, 0.6) is 0 Å². The molecule has 5 heteroatoms. The molecular weight excluding hydrogens is 208 g/mol. The van der Waals surface area contributed by atoms with E-state index in [2.05, 4.69) is 5.32 Å². The minimum atomic E-state index is -0.197. The number of likely N-dealkylation sites (N-methyl/N-ethyl adjacent to an activating group) is 1. The van der Waals surface area contributed by atoms with Gasteiger partial charge >= 0.3 is 0 Å². The van der Waals surface area contributed by atoms with Gasteiger partial charge in [-0.05, 0) is 27.2 Å². The number of hydroxylamine groups is 2. The maximum atomic E-state index is 11.8. The molecule has 1 saturated heterocycles. The van der Waals surface area contributed by atoms with Gasteiger partial charge in [-0.2, -0.15) is 0 Å². The highest BCUT2D eigenvalue weighted by molar-refractivity contribution is 5.81. The Balaban J connectivity index is 2.43. The van der Waals surface area contributed by atoms with Crippen molar-refractivity contribution in [1.82, 2.24) is 10.4 Å². The Morgan fingerprint density at radius 3 is 2.56 bits per heavy atom. The fraction of sp³-hybridized carbons (Fsp3) is 0.909. The van der Waals surface area contributed by atoms with Crippen molar-refractivity contribution in [2.24, 2.45) is 0 Å². The van der Waals surface area contributed by atoms with Crippen LogP contribution in [0, 0.1) is 0 Å². The van der Waals surface area contributed by atoms with Crippen molar-refractivity contribution in [2.75, 3.05) is 20.7 Å². The van der Waals surface area contributed by atoms with Crippen LogP contribution in [0.4, 0.5) is 0 Å². The highest BCUT2D eigenvalue weighted by Gasteiger charge is 2.33. The molecule has 0 aromatic carbocycles. The van der Waals surface area contributed by atoms with Gasteiger partial charge in [-0.3, -0.25) is 9.63 Å². The van der Waals surface area contributed by atoms with E-state index in [0.29, 0.717) is 13.0 Å². The number of nitrogens with one attached hydrogen (secondary N) is 1. The van der Waals surface area contributed by atoms with Gasteiger partial charge in [0.1, 0.15) is 0 Å². The predicted octanol–water partition coefficient (Wildman–Crippen LogP) is 0.552. The molecule has 1 heterocycles. The quantitative estimate of drug-likeness (QED) is 0.719. The minimum absolute atomic E-state index is 0.0532. The van der Waals surface area contributed by atoms with E-state index in [4.69, 9.17) is 9.57 Å². The molecule has 0 saturated carbocycles. The predicted molar refractivity (Wildman–Crippen MR) is 60.8 cm³/mol. The number of rotatable bonds is 3. The largest absolute Gasteiger partial charge is 0.371 e. The van der Waals surface area contributed by atoms with E-state index in [0.717, 1.165) is 0 Å². The normalized spacial score (nSPS) is 25.8. The molecule has 16 heavy (non-hydrogen) atoms. The van der Waals surface area contributed by atoms with E-state index in [1.807, 2.05) is 20.8 Å². The fourth-order valence-corrected chi connectivity index (χ4v) is 1.79. The van der Waals surface area contributed by atoms with Crippen molar-refractivity contribution in [3.05, 3.63) is 0 Å². The van der Waals surface area contributed by atoms with E-state index in [9.17, 15) is 4.79 Å². The smallest absolute Gasteiger partial charge is 0.263 e. The van der Waals surface area contributed by atoms with Crippen molar-refractivity contribution in [1.29, 1.82) is 0 Å². The van der Waals surface area contributed by atoms with Crippen LogP contribution in [0.3, 0.4) is 0 Å². The van der Waals surface area contributed by atoms with Crippen LogP contribution < -0.4 is 5.32 Å². The molecule has 0 aromatic rings. The van der Waals surface area contributed by atoms with E-state index in [-0.39, 0.29) is 23.7 Å².